The molecule has 1 heterocycles. The van der Waals surface area contributed by atoms with Gasteiger partial charge in [-0.15, -0.1) is 0 Å². The maximum Gasteiger partial charge on any atom is 0.410 e. The molecule has 1 fully saturated rings. The van der Waals surface area contributed by atoms with Gasteiger partial charge in [-0.1, -0.05) is 0 Å². The lowest BCUT2D eigenvalue weighted by molar-refractivity contribution is -0.384. The van der Waals surface area contributed by atoms with Gasteiger partial charge in [0.1, 0.15) is 12.6 Å². The summed E-state index contributed by atoms with van der Waals surface area (Å²) in [5.74, 6) is -0.464. The van der Waals surface area contributed by atoms with Gasteiger partial charge in [-0.2, -0.15) is 0 Å². The quantitative estimate of drug-likeness (QED) is 0.474. The average molecular weight is 294 g/mol. The van der Waals surface area contributed by atoms with Gasteiger partial charge in [-0.05, 0) is 24.1 Å². The van der Waals surface area contributed by atoms with Crippen LogP contribution in [0.4, 0.5) is 10.5 Å². The van der Waals surface area contributed by atoms with Crippen molar-refractivity contribution in [1.29, 1.82) is 0 Å². The van der Waals surface area contributed by atoms with E-state index in [9.17, 15) is 19.7 Å². The highest BCUT2D eigenvalue weighted by Crippen LogP contribution is 2.20. The van der Waals surface area contributed by atoms with E-state index in [1.807, 2.05) is 0 Å². The summed E-state index contributed by atoms with van der Waals surface area (Å²) in [6, 6.07) is 5.12. The minimum Gasteiger partial charge on any atom is -0.467 e. The van der Waals surface area contributed by atoms with Gasteiger partial charge in [0.05, 0.1) is 12.0 Å². The number of amides is 1. The Bertz CT molecular complexity index is 556. The minimum atomic E-state index is -0.602. The molecule has 112 valence electrons. The zero-order chi connectivity index (χ0) is 15.4. The first-order chi connectivity index (χ1) is 10.0. The zero-order valence-corrected chi connectivity index (χ0v) is 11.4. The van der Waals surface area contributed by atoms with E-state index in [1.54, 1.807) is 0 Å². The number of non-ortho nitro benzene ring substituents is 1. The molecule has 8 heteroatoms. The first-order valence-electron chi connectivity index (χ1n) is 6.27. The molecule has 1 unspecified atom stereocenters. The van der Waals surface area contributed by atoms with Crippen LogP contribution in [0.5, 0.6) is 0 Å². The van der Waals surface area contributed by atoms with E-state index in [-0.39, 0.29) is 12.3 Å². The SMILES string of the molecule is COC(=O)C1CCN1C(=O)OCc1ccc([N+](=O)[O-])cc1. The Hall–Kier alpha value is -2.64. The standard InChI is InChI=1S/C13H14N2O6/c1-20-12(16)11-6-7-14(11)13(17)21-8-9-2-4-10(5-3-9)15(18)19/h2-5,11H,6-8H2,1H3. The lowest BCUT2D eigenvalue weighted by atomic mass is 10.1. The summed E-state index contributed by atoms with van der Waals surface area (Å²) < 4.78 is 9.65. The second-order valence-electron chi connectivity index (χ2n) is 4.50. The maximum atomic E-state index is 11.8. The predicted molar refractivity (Wildman–Crippen MR) is 70.4 cm³/mol. The molecule has 0 bridgehead atoms. The minimum absolute atomic E-state index is 0.0127. The van der Waals surface area contributed by atoms with E-state index in [1.165, 1.54) is 36.3 Å². The Kier molecular flexibility index (Phi) is 4.36. The molecule has 21 heavy (non-hydrogen) atoms. The molecule has 1 aromatic rings. The fraction of sp³-hybridized carbons (Fsp3) is 0.385. The molecule has 1 saturated heterocycles. The van der Waals surface area contributed by atoms with E-state index in [0.29, 0.717) is 18.5 Å². The van der Waals surface area contributed by atoms with Crippen molar-refractivity contribution in [2.24, 2.45) is 0 Å². The van der Waals surface area contributed by atoms with E-state index < -0.39 is 23.0 Å². The molecule has 1 aromatic carbocycles. The highest BCUT2D eigenvalue weighted by molar-refractivity contribution is 5.83. The lowest BCUT2D eigenvalue weighted by Gasteiger charge is -2.37. The molecule has 1 aliphatic heterocycles. The van der Waals surface area contributed by atoms with Crippen LogP contribution in [0.3, 0.4) is 0 Å². The summed E-state index contributed by atoms with van der Waals surface area (Å²) in [6.45, 7) is 0.431. The fourth-order valence-electron chi connectivity index (χ4n) is 1.93. The van der Waals surface area contributed by atoms with Crippen molar-refractivity contribution in [2.45, 2.75) is 19.1 Å². The number of rotatable bonds is 4. The van der Waals surface area contributed by atoms with E-state index in [0.717, 1.165) is 0 Å². The molecule has 0 N–H and O–H groups in total. The topological polar surface area (TPSA) is 99.0 Å². The Morgan fingerprint density at radius 2 is 2.05 bits per heavy atom. The van der Waals surface area contributed by atoms with Crippen LogP contribution in [0.15, 0.2) is 24.3 Å². The molecule has 0 aliphatic carbocycles. The Labute approximate surface area is 120 Å². The van der Waals surface area contributed by atoms with Crippen LogP contribution >= 0.6 is 0 Å². The van der Waals surface area contributed by atoms with Crippen LogP contribution in [0, 0.1) is 10.1 Å². The van der Waals surface area contributed by atoms with Crippen LogP contribution in [0.2, 0.25) is 0 Å². The number of nitro groups is 1. The van der Waals surface area contributed by atoms with Gasteiger partial charge in [-0.25, -0.2) is 9.59 Å². The number of likely N-dealkylation sites (tertiary alicyclic amines) is 1. The second kappa shape index (κ2) is 6.21. The molecule has 0 saturated carbocycles. The van der Waals surface area contributed by atoms with Gasteiger partial charge in [0, 0.05) is 18.7 Å². The van der Waals surface area contributed by atoms with Crippen LogP contribution in [0.1, 0.15) is 12.0 Å². The largest absolute Gasteiger partial charge is 0.467 e. The Morgan fingerprint density at radius 1 is 1.38 bits per heavy atom. The summed E-state index contributed by atoms with van der Waals surface area (Å²) in [5, 5.41) is 10.5. The van der Waals surface area contributed by atoms with Crippen molar-refractivity contribution >= 4 is 17.7 Å². The van der Waals surface area contributed by atoms with Crippen molar-refractivity contribution in [2.75, 3.05) is 13.7 Å². The maximum absolute atomic E-state index is 11.8. The number of nitrogens with zero attached hydrogens (tertiary/aromatic N) is 2. The number of hydrogen-bond donors (Lipinski definition) is 0. The number of carbonyl (C=O) groups excluding carboxylic acids is 2. The van der Waals surface area contributed by atoms with E-state index >= 15 is 0 Å². The van der Waals surface area contributed by atoms with Crippen molar-refractivity contribution in [3.05, 3.63) is 39.9 Å². The van der Waals surface area contributed by atoms with Crippen LogP contribution in [0.25, 0.3) is 0 Å². The number of hydrogen-bond acceptors (Lipinski definition) is 6. The second-order valence-corrected chi connectivity index (χ2v) is 4.50. The molecule has 0 spiro atoms. The first kappa shape index (κ1) is 14.8. The fourth-order valence-corrected chi connectivity index (χ4v) is 1.93. The van der Waals surface area contributed by atoms with Gasteiger partial charge < -0.3 is 9.47 Å². The normalized spacial score (nSPS) is 16.8. The van der Waals surface area contributed by atoms with Crippen LogP contribution in [-0.2, 0) is 20.9 Å². The molecule has 1 amide bonds. The number of benzene rings is 1. The van der Waals surface area contributed by atoms with Gasteiger partial charge in [0.2, 0.25) is 0 Å². The van der Waals surface area contributed by atoms with Crippen molar-refractivity contribution in [3.63, 3.8) is 0 Å². The van der Waals surface area contributed by atoms with Gasteiger partial charge >= 0.3 is 12.1 Å². The molecular weight excluding hydrogens is 280 g/mol. The summed E-state index contributed by atoms with van der Waals surface area (Å²) in [5.41, 5.74) is 0.600. The third-order valence-corrected chi connectivity index (χ3v) is 3.24. The van der Waals surface area contributed by atoms with Crippen LogP contribution in [-0.4, -0.2) is 41.6 Å². The van der Waals surface area contributed by atoms with E-state index in [4.69, 9.17) is 4.74 Å². The summed E-state index contributed by atoms with van der Waals surface area (Å²) >= 11 is 0. The number of methoxy groups -OCH3 is 1. The highest BCUT2D eigenvalue weighted by Gasteiger charge is 2.39. The summed E-state index contributed by atoms with van der Waals surface area (Å²) in [4.78, 5) is 34.4. The third-order valence-electron chi connectivity index (χ3n) is 3.24. The van der Waals surface area contributed by atoms with E-state index in [2.05, 4.69) is 4.74 Å². The van der Waals surface area contributed by atoms with Gasteiger partial charge in [-0.3, -0.25) is 15.0 Å². The summed E-state index contributed by atoms with van der Waals surface area (Å²) in [7, 11) is 1.26. The molecule has 2 rings (SSSR count). The van der Waals surface area contributed by atoms with Crippen molar-refractivity contribution < 1.29 is 24.0 Å². The molecule has 8 nitrogen and oxygen atoms in total. The smallest absolute Gasteiger partial charge is 0.410 e. The molecular formula is C13H14N2O6. The third kappa shape index (κ3) is 3.28. The average Bonchev–Trinajstić information content (AvgIpc) is 2.44. The number of ether oxygens (including phenoxy) is 2. The first-order valence-corrected chi connectivity index (χ1v) is 6.27. The summed E-state index contributed by atoms with van der Waals surface area (Å²) in [6.07, 6.45) is -0.0470. The Morgan fingerprint density at radius 3 is 2.52 bits per heavy atom. The number of nitro benzene ring substituents is 1. The molecule has 0 radical (unpaired) electrons. The van der Waals surface area contributed by atoms with Crippen molar-refractivity contribution in [3.8, 4) is 0 Å². The van der Waals surface area contributed by atoms with Crippen LogP contribution < -0.4 is 0 Å². The van der Waals surface area contributed by atoms with Crippen molar-refractivity contribution in [1.82, 2.24) is 4.90 Å². The lowest BCUT2D eigenvalue weighted by Crippen LogP contribution is -2.55. The van der Waals surface area contributed by atoms with Gasteiger partial charge in [0.15, 0.2) is 0 Å². The monoisotopic (exact) mass is 294 g/mol. The predicted octanol–water partition coefficient (Wildman–Crippen LogP) is 1.48. The zero-order valence-electron chi connectivity index (χ0n) is 11.4. The number of esters is 1. The van der Waals surface area contributed by atoms with Gasteiger partial charge in [0.25, 0.3) is 5.69 Å². The molecule has 1 aliphatic rings. The molecule has 1 atom stereocenters. The highest BCUT2D eigenvalue weighted by atomic mass is 16.6. The molecule has 0 aromatic heterocycles. The Balaban J connectivity index is 1.86. The number of carbonyl (C=O) groups is 2.